The normalized spacial score (nSPS) is 25.5. The smallest absolute Gasteiger partial charge is 0.295 e. The van der Waals surface area contributed by atoms with E-state index in [4.69, 9.17) is 11.6 Å². The molecule has 2 aromatic rings. The van der Waals surface area contributed by atoms with Gasteiger partial charge >= 0.3 is 0 Å². The lowest BCUT2D eigenvalue weighted by Gasteiger charge is -2.29. The molecule has 0 aliphatic carbocycles. The second kappa shape index (κ2) is 7.27. The van der Waals surface area contributed by atoms with Crippen molar-refractivity contribution in [3.05, 3.63) is 70.5 Å². The second-order valence-electron chi connectivity index (χ2n) is 7.06. The van der Waals surface area contributed by atoms with E-state index in [1.165, 1.54) is 11.1 Å². The molecule has 1 amide bonds. The van der Waals surface area contributed by atoms with Crippen LogP contribution in [-0.2, 0) is 19.4 Å². The number of likely N-dealkylation sites (tertiary alicyclic amines) is 1. The molecule has 2 unspecified atom stereocenters. The number of hydrogen-bond donors (Lipinski definition) is 1. The van der Waals surface area contributed by atoms with Crippen LogP contribution in [0.3, 0.4) is 0 Å². The Kier molecular flexibility index (Phi) is 4.92. The molecule has 2 aliphatic heterocycles. The van der Waals surface area contributed by atoms with E-state index in [9.17, 15) is 23.1 Å². The lowest BCUT2D eigenvalue weighted by atomic mass is 9.96. The highest BCUT2D eigenvalue weighted by Crippen LogP contribution is 2.42. The molecule has 3 heterocycles. The van der Waals surface area contributed by atoms with Crippen molar-refractivity contribution in [1.82, 2.24) is 9.88 Å². The third-order valence-electron chi connectivity index (χ3n) is 5.20. The third kappa shape index (κ3) is 3.54. The maximum atomic E-state index is 12.9. The average Bonchev–Trinajstić information content (AvgIpc) is 3.19. The number of amides is 1. The van der Waals surface area contributed by atoms with Crippen molar-refractivity contribution in [2.75, 3.05) is 11.5 Å². The molecule has 7 nitrogen and oxygen atoms in total. The molecule has 29 heavy (non-hydrogen) atoms. The number of pyridine rings is 1. The fourth-order valence-electron chi connectivity index (χ4n) is 3.85. The number of halogens is 1. The Morgan fingerprint density at radius 2 is 1.90 bits per heavy atom. The molecule has 0 saturated carbocycles. The molecular formula is C20H17ClN2O5S. The van der Waals surface area contributed by atoms with Crippen LogP contribution in [0.2, 0.25) is 5.02 Å². The van der Waals surface area contributed by atoms with E-state index in [0.29, 0.717) is 16.1 Å². The van der Waals surface area contributed by atoms with E-state index in [1.54, 1.807) is 42.6 Å². The fraction of sp³-hybridized carbons (Fsp3) is 0.250. The lowest BCUT2D eigenvalue weighted by molar-refractivity contribution is -0.141. The van der Waals surface area contributed by atoms with Crippen molar-refractivity contribution in [2.45, 2.75) is 18.5 Å². The Labute approximate surface area is 172 Å². The van der Waals surface area contributed by atoms with Crippen LogP contribution < -0.4 is 0 Å². The van der Waals surface area contributed by atoms with Crippen LogP contribution in [0.4, 0.5) is 0 Å². The summed E-state index contributed by atoms with van der Waals surface area (Å²) < 4.78 is 24.0. The molecule has 1 aromatic carbocycles. The van der Waals surface area contributed by atoms with E-state index < -0.39 is 33.6 Å². The molecule has 2 aliphatic rings. The van der Waals surface area contributed by atoms with Gasteiger partial charge in [0, 0.05) is 29.0 Å². The summed E-state index contributed by atoms with van der Waals surface area (Å²) in [4.78, 5) is 31.1. The van der Waals surface area contributed by atoms with Crippen molar-refractivity contribution in [1.29, 1.82) is 0 Å². The Hall–Kier alpha value is -2.71. The van der Waals surface area contributed by atoms with Crippen molar-refractivity contribution >= 4 is 38.9 Å². The van der Waals surface area contributed by atoms with Gasteiger partial charge in [-0.15, -0.1) is 0 Å². The minimum absolute atomic E-state index is 0.0440. The van der Waals surface area contributed by atoms with Crippen LogP contribution in [0.1, 0.15) is 23.6 Å². The molecule has 0 bridgehead atoms. The number of ketones is 1. The highest BCUT2D eigenvalue weighted by molar-refractivity contribution is 7.91. The number of benzene rings is 1. The quantitative estimate of drug-likeness (QED) is 0.453. The van der Waals surface area contributed by atoms with E-state index in [2.05, 4.69) is 4.98 Å². The summed E-state index contributed by atoms with van der Waals surface area (Å²) in [5, 5.41) is 11.4. The number of sulfone groups is 1. The predicted octanol–water partition coefficient (Wildman–Crippen LogP) is 2.34. The maximum absolute atomic E-state index is 12.9. The summed E-state index contributed by atoms with van der Waals surface area (Å²) in [5.41, 5.74) is 0.765. The van der Waals surface area contributed by atoms with E-state index >= 15 is 0 Å². The molecule has 2 fully saturated rings. The van der Waals surface area contributed by atoms with Gasteiger partial charge in [-0.05, 0) is 42.3 Å². The number of aliphatic hydroxyl groups is 1. The van der Waals surface area contributed by atoms with Gasteiger partial charge in [0.15, 0.2) is 9.84 Å². The zero-order valence-electron chi connectivity index (χ0n) is 15.2. The minimum Gasteiger partial charge on any atom is -0.507 e. The molecule has 2 atom stereocenters. The highest BCUT2D eigenvalue weighted by atomic mass is 35.5. The number of nitrogens with zero attached hydrogens (tertiary/aromatic N) is 2. The van der Waals surface area contributed by atoms with Crippen LogP contribution in [0.25, 0.3) is 5.76 Å². The summed E-state index contributed by atoms with van der Waals surface area (Å²) in [6, 6.07) is 8.01. The Balaban J connectivity index is 1.88. The maximum Gasteiger partial charge on any atom is 0.295 e. The summed E-state index contributed by atoms with van der Waals surface area (Å²) in [6.07, 6.45) is 3.30. The number of rotatable bonds is 3. The first kappa shape index (κ1) is 19.6. The molecule has 2 saturated heterocycles. The number of Topliss-reactive ketones (excluding diaryl/α,β-unsaturated/α-hetero) is 1. The number of carbonyl (C=O) groups excluding carboxylic acids is 2. The van der Waals surface area contributed by atoms with E-state index in [0.717, 1.165) is 0 Å². The molecule has 1 aromatic heterocycles. The SMILES string of the molecule is O=C1C(=O)N(C2CCS(=O)(=O)C2)C(c2cccnc2)/C1=C(\O)c1ccc(Cl)cc1. The van der Waals surface area contributed by atoms with Gasteiger partial charge in [0.2, 0.25) is 0 Å². The monoisotopic (exact) mass is 432 g/mol. The number of aliphatic hydroxyl groups excluding tert-OH is 1. The van der Waals surface area contributed by atoms with Crippen LogP contribution in [0.5, 0.6) is 0 Å². The standard InChI is InChI=1S/C20H17ClN2O5S/c21-14-5-3-12(4-6-14)18(24)16-17(13-2-1-8-22-10-13)23(20(26)19(16)25)15-7-9-29(27,28)11-15/h1-6,8,10,15,17,24H,7,9,11H2/b18-16+. The molecule has 1 N–H and O–H groups in total. The Morgan fingerprint density at radius 1 is 1.17 bits per heavy atom. The van der Waals surface area contributed by atoms with Gasteiger partial charge in [-0.2, -0.15) is 0 Å². The van der Waals surface area contributed by atoms with Crippen LogP contribution >= 0.6 is 11.6 Å². The molecule has 4 rings (SSSR count). The second-order valence-corrected chi connectivity index (χ2v) is 9.72. The van der Waals surface area contributed by atoms with E-state index in [-0.39, 0.29) is 29.3 Å². The minimum atomic E-state index is -3.29. The summed E-state index contributed by atoms with van der Waals surface area (Å²) >= 11 is 5.90. The predicted molar refractivity (Wildman–Crippen MR) is 107 cm³/mol. The average molecular weight is 433 g/mol. The van der Waals surface area contributed by atoms with Gasteiger partial charge in [-0.3, -0.25) is 14.6 Å². The Morgan fingerprint density at radius 3 is 2.48 bits per heavy atom. The zero-order valence-corrected chi connectivity index (χ0v) is 16.7. The molecule has 0 spiro atoms. The van der Waals surface area contributed by atoms with Crippen LogP contribution in [0.15, 0.2) is 54.4 Å². The molecule has 150 valence electrons. The molecule has 0 radical (unpaired) electrons. The first-order valence-corrected chi connectivity index (χ1v) is 11.1. The largest absolute Gasteiger partial charge is 0.507 e. The topological polar surface area (TPSA) is 105 Å². The summed E-state index contributed by atoms with van der Waals surface area (Å²) in [5.74, 6) is -2.26. The number of aromatic nitrogens is 1. The number of hydrogen-bond acceptors (Lipinski definition) is 6. The first-order chi connectivity index (χ1) is 13.8. The summed E-state index contributed by atoms with van der Waals surface area (Å²) in [7, 11) is -3.29. The van der Waals surface area contributed by atoms with Crippen molar-refractivity contribution in [2.24, 2.45) is 0 Å². The third-order valence-corrected chi connectivity index (χ3v) is 7.20. The highest BCUT2D eigenvalue weighted by Gasteiger charge is 2.51. The summed E-state index contributed by atoms with van der Waals surface area (Å²) in [6.45, 7) is 0. The van der Waals surface area contributed by atoms with Gasteiger partial charge in [0.05, 0.1) is 23.1 Å². The van der Waals surface area contributed by atoms with Gasteiger partial charge in [-0.1, -0.05) is 17.7 Å². The van der Waals surface area contributed by atoms with Crippen molar-refractivity contribution < 1.29 is 23.1 Å². The van der Waals surface area contributed by atoms with Gasteiger partial charge in [0.25, 0.3) is 11.7 Å². The van der Waals surface area contributed by atoms with Gasteiger partial charge < -0.3 is 10.0 Å². The fourth-order valence-corrected chi connectivity index (χ4v) is 5.69. The van der Waals surface area contributed by atoms with Gasteiger partial charge in [-0.25, -0.2) is 8.42 Å². The van der Waals surface area contributed by atoms with Crippen molar-refractivity contribution in [3.8, 4) is 0 Å². The number of carbonyl (C=O) groups is 2. The van der Waals surface area contributed by atoms with E-state index in [1.807, 2.05) is 0 Å². The van der Waals surface area contributed by atoms with Crippen LogP contribution in [-0.4, -0.2) is 52.6 Å². The first-order valence-electron chi connectivity index (χ1n) is 8.95. The Bertz CT molecular complexity index is 1110. The zero-order chi connectivity index (χ0) is 20.8. The molecular weight excluding hydrogens is 416 g/mol. The lowest BCUT2D eigenvalue weighted by Crippen LogP contribution is -2.40. The molecule has 9 heteroatoms. The van der Waals surface area contributed by atoms with Gasteiger partial charge in [0.1, 0.15) is 5.76 Å². The van der Waals surface area contributed by atoms with Crippen molar-refractivity contribution in [3.63, 3.8) is 0 Å². The van der Waals surface area contributed by atoms with Crippen LogP contribution in [0, 0.1) is 0 Å².